The van der Waals surface area contributed by atoms with Crippen molar-refractivity contribution >= 4 is 96.6 Å². The van der Waals surface area contributed by atoms with Crippen LogP contribution >= 0.6 is 46.4 Å². The van der Waals surface area contributed by atoms with E-state index in [1.165, 1.54) is 79.9 Å². The standard InChI is InChI=1S/C47H48Cl4N6O6S/c1-4-5-6-7-8-9-10-11-12-42(63-35-18-22-37(23-19-35)64(61,62)36-20-16-34(58)17-21-36)46(59)52-32-15-24-38(49)41(28-32)53-45-43(55-54-33-14-13-29(2)30(3)25-33)47(60)57(56-45)44-39(50)26-31(48)27-40(44)51/h13-28,42-43,58H,4-12H2,1-3H3,(H,52,59)(H,53,56). The number of unbranched alkanes of at least 4 members (excludes halogenated alkanes) is 7. The molecule has 0 saturated carbocycles. The van der Waals surface area contributed by atoms with Crippen molar-refractivity contribution in [2.24, 2.45) is 15.2 Å². The number of rotatable bonds is 19. The lowest BCUT2D eigenvalue weighted by molar-refractivity contribution is -0.123. The van der Waals surface area contributed by atoms with Crippen LogP contribution in [0.2, 0.25) is 20.1 Å². The minimum absolute atomic E-state index is 0.0265. The molecule has 0 aliphatic carbocycles. The molecule has 5 aromatic carbocycles. The number of hydrazine groups is 1. The third-order valence-corrected chi connectivity index (χ3v) is 13.4. The summed E-state index contributed by atoms with van der Waals surface area (Å²) in [6.07, 6.45) is 7.95. The molecule has 1 heterocycles. The summed E-state index contributed by atoms with van der Waals surface area (Å²) in [7, 11) is -3.87. The highest BCUT2D eigenvalue weighted by Gasteiger charge is 2.41. The van der Waals surface area contributed by atoms with Gasteiger partial charge >= 0.3 is 0 Å². The second-order valence-corrected chi connectivity index (χ2v) is 19.0. The summed E-state index contributed by atoms with van der Waals surface area (Å²) in [4.78, 5) is 32.8. The minimum Gasteiger partial charge on any atom is -0.508 e. The number of aliphatic imine (C=N–C) groups is 1. The number of aromatic hydroxyl groups is 1. The van der Waals surface area contributed by atoms with E-state index in [0.29, 0.717) is 30.0 Å². The zero-order chi connectivity index (χ0) is 46.0. The van der Waals surface area contributed by atoms with Gasteiger partial charge in [0, 0.05) is 10.7 Å². The third kappa shape index (κ3) is 12.3. The Balaban J connectivity index is 1.25. The Bertz CT molecular complexity index is 2620. The van der Waals surface area contributed by atoms with Crippen molar-refractivity contribution < 1.29 is 27.9 Å². The second kappa shape index (κ2) is 22.1. The van der Waals surface area contributed by atoms with Gasteiger partial charge in [-0.05, 0) is 129 Å². The maximum Gasteiger partial charge on any atom is 0.280 e. The quantitative estimate of drug-likeness (QED) is 0.0548. The van der Waals surface area contributed by atoms with Gasteiger partial charge in [0.15, 0.2) is 11.9 Å². The molecule has 1 saturated heterocycles. The third-order valence-electron chi connectivity index (χ3n) is 10.6. The van der Waals surface area contributed by atoms with Crippen molar-refractivity contribution in [3.8, 4) is 11.5 Å². The molecule has 0 radical (unpaired) electrons. The van der Waals surface area contributed by atoms with E-state index in [1.807, 2.05) is 26.0 Å². The van der Waals surface area contributed by atoms with Crippen molar-refractivity contribution in [1.29, 1.82) is 0 Å². The Morgan fingerprint density at radius 3 is 2.06 bits per heavy atom. The van der Waals surface area contributed by atoms with Crippen LogP contribution in [0.3, 0.4) is 0 Å². The van der Waals surface area contributed by atoms with Gasteiger partial charge in [0.2, 0.25) is 15.9 Å². The molecule has 1 aliphatic rings. The number of aryl methyl sites for hydroxylation is 2. The smallest absolute Gasteiger partial charge is 0.280 e. The number of amidine groups is 1. The first-order valence-electron chi connectivity index (χ1n) is 20.9. The van der Waals surface area contributed by atoms with Crippen molar-refractivity contribution in [1.82, 2.24) is 5.43 Å². The van der Waals surface area contributed by atoms with Crippen LogP contribution in [0.15, 0.2) is 122 Å². The molecule has 0 aromatic heterocycles. The minimum atomic E-state index is -3.87. The van der Waals surface area contributed by atoms with Crippen molar-refractivity contribution in [3.63, 3.8) is 0 Å². The molecule has 0 spiro atoms. The largest absolute Gasteiger partial charge is 0.508 e. The highest BCUT2D eigenvalue weighted by atomic mass is 35.5. The number of nitrogens with zero attached hydrogens (tertiary/aromatic N) is 4. The van der Waals surface area contributed by atoms with Crippen LogP contribution in [-0.2, 0) is 19.4 Å². The Labute approximate surface area is 393 Å². The summed E-state index contributed by atoms with van der Waals surface area (Å²) in [5.41, 5.74) is 6.24. The molecule has 1 fully saturated rings. The van der Waals surface area contributed by atoms with E-state index < -0.39 is 33.8 Å². The van der Waals surface area contributed by atoms with Crippen LogP contribution in [0.1, 0.15) is 75.8 Å². The summed E-state index contributed by atoms with van der Waals surface area (Å²) in [6.45, 7) is 6.11. The maximum absolute atomic E-state index is 14.0. The fourth-order valence-electron chi connectivity index (χ4n) is 6.85. The summed E-state index contributed by atoms with van der Waals surface area (Å²) < 4.78 is 32.7. The SMILES string of the molecule is CCCCCCCCCCC(Oc1ccc(S(=O)(=O)c2ccc(O)cc2)cc1)C(=O)Nc1ccc(Cl)c(N=C2NN(c3c(Cl)cc(Cl)cc3Cl)C(=O)C2N=Nc2ccc(C)c(C)c2)c1. The average molecular weight is 967 g/mol. The molecule has 17 heteroatoms. The Morgan fingerprint density at radius 2 is 1.42 bits per heavy atom. The molecule has 64 heavy (non-hydrogen) atoms. The lowest BCUT2D eigenvalue weighted by Gasteiger charge is -2.20. The van der Waals surface area contributed by atoms with E-state index in [1.54, 1.807) is 24.3 Å². The van der Waals surface area contributed by atoms with Gasteiger partial charge in [-0.25, -0.2) is 18.4 Å². The van der Waals surface area contributed by atoms with Gasteiger partial charge in [0.25, 0.3) is 11.8 Å². The van der Waals surface area contributed by atoms with Gasteiger partial charge in [-0.15, -0.1) is 0 Å². The fourth-order valence-corrected chi connectivity index (χ4v) is 9.25. The molecule has 2 amide bonds. The topological polar surface area (TPSA) is 162 Å². The number of halogens is 4. The van der Waals surface area contributed by atoms with E-state index in [4.69, 9.17) is 56.1 Å². The number of phenols is 1. The molecule has 2 atom stereocenters. The Hall–Kier alpha value is -5.18. The number of hydrogen-bond donors (Lipinski definition) is 3. The summed E-state index contributed by atoms with van der Waals surface area (Å²) >= 11 is 25.9. The summed E-state index contributed by atoms with van der Waals surface area (Å²) in [6, 6.07) is 23.0. The van der Waals surface area contributed by atoms with Crippen LogP contribution in [0.4, 0.5) is 22.7 Å². The average Bonchev–Trinajstić information content (AvgIpc) is 3.55. The Morgan fingerprint density at radius 1 is 0.797 bits per heavy atom. The monoisotopic (exact) mass is 964 g/mol. The highest BCUT2D eigenvalue weighted by molar-refractivity contribution is 7.91. The van der Waals surface area contributed by atoms with E-state index in [-0.39, 0.29) is 52.8 Å². The molecular weight excluding hydrogens is 918 g/mol. The molecule has 0 bridgehead atoms. The van der Waals surface area contributed by atoms with E-state index in [2.05, 4.69) is 27.9 Å². The number of nitrogens with one attached hydrogen (secondary N) is 2. The second-order valence-electron chi connectivity index (χ2n) is 15.4. The number of phenolic OH excluding ortho intramolecular Hbond substituents is 1. The predicted molar refractivity (Wildman–Crippen MR) is 255 cm³/mol. The van der Waals surface area contributed by atoms with Crippen LogP contribution in [0.25, 0.3) is 0 Å². The number of carbonyl (C=O) groups excluding carboxylic acids is 2. The van der Waals surface area contributed by atoms with Gasteiger partial charge in [-0.2, -0.15) is 10.2 Å². The van der Waals surface area contributed by atoms with Crippen LogP contribution in [-0.4, -0.2) is 43.3 Å². The van der Waals surface area contributed by atoms with Gasteiger partial charge in [-0.1, -0.05) is 104 Å². The molecule has 3 N–H and O–H groups in total. The molecule has 12 nitrogen and oxygen atoms in total. The number of benzene rings is 5. The first-order chi connectivity index (χ1) is 30.6. The normalized spacial score (nSPS) is 15.2. The predicted octanol–water partition coefficient (Wildman–Crippen LogP) is 13.1. The molecule has 5 aromatic rings. The number of hydrogen-bond acceptors (Lipinski definition) is 9. The summed E-state index contributed by atoms with van der Waals surface area (Å²) in [5, 5.41) is 23.1. The number of azo groups is 1. The van der Waals surface area contributed by atoms with Crippen molar-refractivity contribution in [2.75, 3.05) is 10.3 Å². The van der Waals surface area contributed by atoms with Gasteiger partial charge < -0.3 is 15.2 Å². The summed E-state index contributed by atoms with van der Waals surface area (Å²) in [5.74, 6) is -0.720. The number of sulfone groups is 1. The van der Waals surface area contributed by atoms with Crippen LogP contribution < -0.4 is 20.5 Å². The zero-order valence-corrected chi connectivity index (χ0v) is 39.3. The van der Waals surface area contributed by atoms with Crippen molar-refractivity contribution in [2.45, 2.75) is 100 Å². The fraction of sp³-hybridized carbons (Fsp3) is 0.298. The lowest BCUT2D eigenvalue weighted by Crippen LogP contribution is -2.36. The molecule has 1 aliphatic heterocycles. The number of ether oxygens (including phenoxy) is 1. The van der Waals surface area contributed by atoms with Gasteiger partial charge in [0.1, 0.15) is 17.2 Å². The molecular formula is C47H48Cl4N6O6S. The van der Waals surface area contributed by atoms with E-state index in [9.17, 15) is 23.1 Å². The number of anilines is 2. The van der Waals surface area contributed by atoms with Gasteiger partial charge in [0.05, 0.1) is 36.2 Å². The zero-order valence-electron chi connectivity index (χ0n) is 35.5. The van der Waals surface area contributed by atoms with Crippen LogP contribution in [0, 0.1) is 13.8 Å². The molecule has 6 rings (SSSR count). The maximum atomic E-state index is 14.0. The molecule has 336 valence electrons. The van der Waals surface area contributed by atoms with Crippen LogP contribution in [0.5, 0.6) is 11.5 Å². The number of amides is 2. The first-order valence-corrected chi connectivity index (χ1v) is 23.9. The van der Waals surface area contributed by atoms with Gasteiger partial charge in [-0.3, -0.25) is 15.0 Å². The molecule has 2 unspecified atom stereocenters. The Kier molecular flexibility index (Phi) is 16.7. The van der Waals surface area contributed by atoms with Crippen molar-refractivity contribution in [3.05, 3.63) is 128 Å². The first kappa shape index (κ1) is 48.3. The lowest BCUT2D eigenvalue weighted by atomic mass is 10.1. The van der Waals surface area contributed by atoms with E-state index >= 15 is 0 Å². The highest BCUT2D eigenvalue weighted by Crippen LogP contribution is 2.39. The number of carbonyl (C=O) groups is 2. The van der Waals surface area contributed by atoms with E-state index in [0.717, 1.165) is 41.8 Å².